The van der Waals surface area contributed by atoms with E-state index in [1.807, 2.05) is 12.3 Å². The number of fused-ring (bicyclic) bond motifs is 12. The van der Waals surface area contributed by atoms with Crippen LogP contribution < -0.4 is 0 Å². The van der Waals surface area contributed by atoms with Crippen molar-refractivity contribution in [3.8, 4) is 39.2 Å². The highest BCUT2D eigenvalue weighted by Crippen LogP contribution is 2.41. The zero-order valence-corrected chi connectivity index (χ0v) is 30.9. The molecule has 57 heavy (non-hydrogen) atoms. The molecule has 3 heterocycles. The van der Waals surface area contributed by atoms with Gasteiger partial charge in [0.2, 0.25) is 0 Å². The quantitative estimate of drug-likeness (QED) is 0.169. The molecule has 0 bridgehead atoms. The third-order valence-corrected chi connectivity index (χ3v) is 11.8. The van der Waals surface area contributed by atoms with Crippen LogP contribution in [0.3, 0.4) is 0 Å². The zero-order chi connectivity index (χ0) is 37.5. The average molecular weight is 724 g/mol. The Morgan fingerprint density at radius 2 is 0.895 bits per heavy atom. The van der Waals surface area contributed by atoms with Crippen molar-refractivity contribution in [1.82, 2.24) is 14.5 Å². The lowest BCUT2D eigenvalue weighted by Crippen LogP contribution is -1.97. The predicted octanol–water partition coefficient (Wildman–Crippen LogP) is 14.3. The zero-order valence-electron chi connectivity index (χ0n) is 30.9. The second kappa shape index (κ2) is 12.5. The maximum atomic E-state index is 5.36. The Bertz CT molecular complexity index is 3540. The van der Waals surface area contributed by atoms with E-state index in [4.69, 9.17) is 9.97 Å². The summed E-state index contributed by atoms with van der Waals surface area (Å²) in [7, 11) is 0. The molecule has 0 fully saturated rings. The Hall–Kier alpha value is -7.62. The first-order valence-corrected chi connectivity index (χ1v) is 19.5. The van der Waals surface area contributed by atoms with Crippen LogP contribution in [0.15, 0.2) is 200 Å². The number of hydrogen-bond acceptors (Lipinski definition) is 2. The van der Waals surface area contributed by atoms with Crippen LogP contribution in [0, 0.1) is 0 Å². The molecule has 3 aromatic heterocycles. The number of pyridine rings is 2. The Balaban J connectivity index is 1.15. The van der Waals surface area contributed by atoms with Gasteiger partial charge in [0.05, 0.1) is 27.8 Å². The van der Waals surface area contributed by atoms with E-state index in [9.17, 15) is 0 Å². The first-order chi connectivity index (χ1) is 28.2. The largest absolute Gasteiger partial charge is 0.309 e. The molecule has 0 N–H and O–H groups in total. The van der Waals surface area contributed by atoms with Crippen molar-refractivity contribution >= 4 is 75.9 Å². The van der Waals surface area contributed by atoms with Gasteiger partial charge >= 0.3 is 0 Å². The Kier molecular flexibility index (Phi) is 6.93. The molecule has 0 aliphatic rings. The summed E-state index contributed by atoms with van der Waals surface area (Å²) < 4.78 is 2.44. The van der Waals surface area contributed by atoms with Crippen LogP contribution >= 0.6 is 0 Å². The maximum Gasteiger partial charge on any atom is 0.0972 e. The molecule has 12 rings (SSSR count). The van der Waals surface area contributed by atoms with Crippen molar-refractivity contribution in [3.63, 3.8) is 0 Å². The third-order valence-electron chi connectivity index (χ3n) is 11.8. The van der Waals surface area contributed by atoms with Gasteiger partial charge in [0, 0.05) is 39.0 Å². The topological polar surface area (TPSA) is 30.7 Å². The Morgan fingerprint density at radius 3 is 1.67 bits per heavy atom. The van der Waals surface area contributed by atoms with Gasteiger partial charge in [-0.05, 0) is 103 Å². The summed E-state index contributed by atoms with van der Waals surface area (Å²) >= 11 is 0. The van der Waals surface area contributed by atoms with E-state index < -0.39 is 0 Å². The predicted molar refractivity (Wildman–Crippen MR) is 240 cm³/mol. The molecule has 0 amide bonds. The maximum absolute atomic E-state index is 5.36. The van der Waals surface area contributed by atoms with E-state index in [2.05, 4.69) is 193 Å². The molecular weight excluding hydrogens is 691 g/mol. The summed E-state index contributed by atoms with van der Waals surface area (Å²) in [6.07, 6.45) is 1.85. The van der Waals surface area contributed by atoms with E-state index in [0.29, 0.717) is 0 Å². The highest BCUT2D eigenvalue weighted by Gasteiger charge is 2.17. The van der Waals surface area contributed by atoms with Crippen molar-refractivity contribution in [1.29, 1.82) is 0 Å². The lowest BCUT2D eigenvalue weighted by atomic mass is 9.91. The van der Waals surface area contributed by atoms with Gasteiger partial charge in [0.25, 0.3) is 0 Å². The monoisotopic (exact) mass is 723 g/mol. The molecule has 3 heteroatoms. The molecular formula is C54H33N3. The van der Waals surface area contributed by atoms with Crippen LogP contribution in [-0.4, -0.2) is 14.5 Å². The number of benzene rings is 9. The summed E-state index contributed by atoms with van der Waals surface area (Å²) in [4.78, 5) is 10.1. The number of para-hydroxylation sites is 1. The fourth-order valence-electron chi connectivity index (χ4n) is 9.09. The van der Waals surface area contributed by atoms with Gasteiger partial charge in [-0.2, -0.15) is 0 Å². The number of hydrogen-bond donors (Lipinski definition) is 0. The second-order valence-electron chi connectivity index (χ2n) is 15.0. The average Bonchev–Trinajstić information content (AvgIpc) is 3.62. The number of aromatic nitrogens is 3. The Labute approximate surface area is 328 Å². The smallest absolute Gasteiger partial charge is 0.0972 e. The Morgan fingerprint density at radius 1 is 0.316 bits per heavy atom. The SMILES string of the molecule is c1ccc(-c2ccc3c4ccccc4n(-c4cc(-c5ccc6c7ccccc7c7ccccc7c6c5)cc(-c5ccc6ccc7cccnc7c6n5)c4)c3c2)cc1. The first kappa shape index (κ1) is 31.7. The summed E-state index contributed by atoms with van der Waals surface area (Å²) in [6.45, 7) is 0. The lowest BCUT2D eigenvalue weighted by Gasteiger charge is -2.16. The van der Waals surface area contributed by atoms with Gasteiger partial charge in [-0.1, -0.05) is 146 Å². The molecule has 3 nitrogen and oxygen atoms in total. The van der Waals surface area contributed by atoms with Crippen LogP contribution in [0.2, 0.25) is 0 Å². The molecule has 264 valence electrons. The molecule has 9 aromatic carbocycles. The van der Waals surface area contributed by atoms with Crippen molar-refractivity contribution in [3.05, 3.63) is 200 Å². The number of rotatable bonds is 4. The third kappa shape index (κ3) is 4.99. The minimum Gasteiger partial charge on any atom is -0.309 e. The second-order valence-corrected chi connectivity index (χ2v) is 15.0. The molecule has 0 saturated heterocycles. The highest BCUT2D eigenvalue weighted by atomic mass is 15.0. The van der Waals surface area contributed by atoms with Gasteiger partial charge in [0.1, 0.15) is 0 Å². The van der Waals surface area contributed by atoms with Crippen molar-refractivity contribution < 1.29 is 0 Å². The molecule has 0 aliphatic carbocycles. The van der Waals surface area contributed by atoms with Gasteiger partial charge in [-0.15, -0.1) is 0 Å². The standard InChI is InChI=1S/C54H33N3/c1-2-11-34(12-3-1)38-23-26-48-47-18-8-9-19-51(47)57(52(48)33-38)41-30-39(29-40(31-41)50-27-24-36-21-20-35-13-10-28-55-53(35)54(36)56-50)37-22-25-46-44-16-5-4-14-42(44)43-15-6-7-17-45(43)49(46)32-37/h1-33H. The van der Waals surface area contributed by atoms with Crippen LogP contribution in [-0.2, 0) is 0 Å². The van der Waals surface area contributed by atoms with Gasteiger partial charge in [-0.25, -0.2) is 4.98 Å². The molecule has 0 unspecified atom stereocenters. The normalized spacial score (nSPS) is 11.9. The van der Waals surface area contributed by atoms with Crippen LogP contribution in [0.1, 0.15) is 0 Å². The van der Waals surface area contributed by atoms with E-state index >= 15 is 0 Å². The molecule has 0 aliphatic heterocycles. The summed E-state index contributed by atoms with van der Waals surface area (Å²) in [6, 6.07) is 70.5. The van der Waals surface area contributed by atoms with E-state index in [1.165, 1.54) is 65.3 Å². The molecule has 0 spiro atoms. The van der Waals surface area contributed by atoms with Crippen LogP contribution in [0.25, 0.3) is 115 Å². The van der Waals surface area contributed by atoms with Gasteiger partial charge < -0.3 is 4.57 Å². The highest BCUT2D eigenvalue weighted by molar-refractivity contribution is 6.25. The molecule has 0 atom stereocenters. The fraction of sp³-hybridized carbons (Fsp3) is 0. The minimum atomic E-state index is 0.908. The van der Waals surface area contributed by atoms with Crippen molar-refractivity contribution in [2.24, 2.45) is 0 Å². The van der Waals surface area contributed by atoms with E-state index in [-0.39, 0.29) is 0 Å². The van der Waals surface area contributed by atoms with Crippen LogP contribution in [0.5, 0.6) is 0 Å². The minimum absolute atomic E-state index is 0.908. The van der Waals surface area contributed by atoms with Gasteiger partial charge in [0.15, 0.2) is 0 Å². The van der Waals surface area contributed by atoms with Gasteiger partial charge in [-0.3, -0.25) is 4.98 Å². The molecule has 0 saturated carbocycles. The fourth-order valence-corrected chi connectivity index (χ4v) is 9.09. The van der Waals surface area contributed by atoms with E-state index in [0.717, 1.165) is 49.9 Å². The number of nitrogens with zero attached hydrogens (tertiary/aromatic N) is 3. The van der Waals surface area contributed by atoms with Crippen LogP contribution in [0.4, 0.5) is 0 Å². The van der Waals surface area contributed by atoms with E-state index in [1.54, 1.807) is 0 Å². The summed E-state index contributed by atoms with van der Waals surface area (Å²) in [5.74, 6) is 0. The molecule has 0 radical (unpaired) electrons. The lowest BCUT2D eigenvalue weighted by molar-refractivity contribution is 1.18. The summed E-state index contributed by atoms with van der Waals surface area (Å²) in [5, 5.41) is 12.2. The van der Waals surface area contributed by atoms with Crippen molar-refractivity contribution in [2.75, 3.05) is 0 Å². The first-order valence-electron chi connectivity index (χ1n) is 19.5. The van der Waals surface area contributed by atoms with Crippen molar-refractivity contribution in [2.45, 2.75) is 0 Å². The summed E-state index contributed by atoms with van der Waals surface area (Å²) in [5.41, 5.74) is 11.9. The molecule has 12 aromatic rings.